The van der Waals surface area contributed by atoms with Crippen molar-refractivity contribution in [3.05, 3.63) is 64.5 Å². The Hall–Kier alpha value is -3.30. The van der Waals surface area contributed by atoms with E-state index in [2.05, 4.69) is 10.1 Å². The lowest BCUT2D eigenvalue weighted by molar-refractivity contribution is -0.136. The number of fused-ring (bicyclic) bond motifs is 1. The number of piperidine rings is 1. The molecule has 2 fully saturated rings. The fourth-order valence-corrected chi connectivity index (χ4v) is 3.85. The normalized spacial score (nSPS) is 35.0. The Bertz CT molecular complexity index is 1610. The summed E-state index contributed by atoms with van der Waals surface area (Å²) < 4.78 is 116. The molecule has 178 valence electrons. The number of imide groups is 1. The fraction of sp³-hybridized carbons (Fsp3) is 0.400. The SMILES string of the molecule is [2H]C1([2H])OC([2H])([2H])C([2H])([2H])N(Cc2ccc(CNc3cccc4c3CN([C@H]3C(=O)NC(=O)C([2H])([2H])C3([2H])[2H])C4=O)c(F)c2)C1([2H])[2H]. The smallest absolute Gasteiger partial charge is 0.255 e. The number of carbonyl (C=O) groups is 3. The minimum Gasteiger partial charge on any atom is -0.381 e. The van der Waals surface area contributed by atoms with Crippen LogP contribution in [0.5, 0.6) is 0 Å². The maximum absolute atomic E-state index is 15.2. The number of amides is 3. The summed E-state index contributed by atoms with van der Waals surface area (Å²) in [4.78, 5) is 39.0. The minimum absolute atomic E-state index is 0.00251. The van der Waals surface area contributed by atoms with Crippen LogP contribution in [0.1, 0.15) is 56.2 Å². The highest BCUT2D eigenvalue weighted by Crippen LogP contribution is 2.32. The van der Waals surface area contributed by atoms with E-state index in [1.807, 2.05) is 0 Å². The lowest BCUT2D eigenvalue weighted by atomic mass is 10.0. The van der Waals surface area contributed by atoms with Crippen molar-refractivity contribution in [1.29, 1.82) is 0 Å². The van der Waals surface area contributed by atoms with Gasteiger partial charge in [0.1, 0.15) is 11.9 Å². The second-order valence-corrected chi connectivity index (χ2v) is 7.65. The van der Waals surface area contributed by atoms with Gasteiger partial charge in [-0.15, -0.1) is 0 Å². The van der Waals surface area contributed by atoms with Crippen LogP contribution in [0.3, 0.4) is 0 Å². The van der Waals surface area contributed by atoms with Crippen molar-refractivity contribution in [3.8, 4) is 0 Å². The number of morpholine rings is 1. The Morgan fingerprint density at radius 1 is 1.18 bits per heavy atom. The maximum atomic E-state index is 15.2. The molecule has 2 N–H and O–H groups in total. The molecule has 3 aliphatic rings. The molecule has 3 aliphatic heterocycles. The fourth-order valence-electron chi connectivity index (χ4n) is 3.85. The molecular formula is C25H27FN4O4. The zero-order chi connectivity index (χ0) is 34.4. The average molecular weight is 479 g/mol. The van der Waals surface area contributed by atoms with Gasteiger partial charge in [-0.3, -0.25) is 24.6 Å². The van der Waals surface area contributed by atoms with Crippen molar-refractivity contribution in [1.82, 2.24) is 15.1 Å². The largest absolute Gasteiger partial charge is 0.381 e. The Morgan fingerprint density at radius 3 is 2.79 bits per heavy atom. The van der Waals surface area contributed by atoms with E-state index in [-0.39, 0.29) is 29.8 Å². The van der Waals surface area contributed by atoms with Crippen LogP contribution >= 0.6 is 0 Å². The Balaban J connectivity index is 1.35. The van der Waals surface area contributed by atoms with Crippen molar-refractivity contribution < 1.29 is 40.0 Å². The van der Waals surface area contributed by atoms with Crippen LogP contribution in [-0.2, 0) is 34.0 Å². The summed E-state index contributed by atoms with van der Waals surface area (Å²) in [5.41, 5.74) is 0.770. The van der Waals surface area contributed by atoms with Crippen LogP contribution in [0, 0.1) is 5.82 Å². The van der Waals surface area contributed by atoms with E-state index >= 15 is 4.39 Å². The Labute approximate surface area is 213 Å². The number of benzene rings is 2. The van der Waals surface area contributed by atoms with Gasteiger partial charge in [0, 0.05) is 72.3 Å². The number of ether oxygens (including phenoxy) is 1. The molecular weight excluding hydrogens is 439 g/mol. The van der Waals surface area contributed by atoms with Crippen LogP contribution in [0.25, 0.3) is 0 Å². The van der Waals surface area contributed by atoms with Crippen LogP contribution in [0.4, 0.5) is 10.1 Å². The van der Waals surface area contributed by atoms with E-state index < -0.39 is 75.0 Å². The minimum atomic E-state index is -3.25. The summed E-state index contributed by atoms with van der Waals surface area (Å²) in [6.07, 6.45) is -6.18. The summed E-state index contributed by atoms with van der Waals surface area (Å²) in [6, 6.07) is 6.07. The molecule has 0 radical (unpaired) electrons. The van der Waals surface area contributed by atoms with Crippen molar-refractivity contribution in [2.24, 2.45) is 0 Å². The van der Waals surface area contributed by atoms with Crippen molar-refractivity contribution >= 4 is 23.4 Å². The molecule has 8 nitrogen and oxygen atoms in total. The highest BCUT2D eigenvalue weighted by molar-refractivity contribution is 6.06. The zero-order valence-corrected chi connectivity index (χ0v) is 17.6. The van der Waals surface area contributed by atoms with Gasteiger partial charge in [0.05, 0.1) is 18.6 Å². The van der Waals surface area contributed by atoms with Gasteiger partial charge >= 0.3 is 0 Å². The topological polar surface area (TPSA) is 91.0 Å². The third-order valence-electron chi connectivity index (χ3n) is 5.51. The van der Waals surface area contributed by atoms with E-state index in [1.165, 1.54) is 24.3 Å². The van der Waals surface area contributed by atoms with Gasteiger partial charge < -0.3 is 15.0 Å². The summed E-state index contributed by atoms with van der Waals surface area (Å²) in [7, 11) is 0. The highest BCUT2D eigenvalue weighted by Gasteiger charge is 2.39. The quantitative estimate of drug-likeness (QED) is 0.618. The molecule has 34 heavy (non-hydrogen) atoms. The van der Waals surface area contributed by atoms with Gasteiger partial charge in [0.15, 0.2) is 0 Å². The third kappa shape index (κ3) is 4.53. The van der Waals surface area contributed by atoms with E-state index in [0.717, 1.165) is 11.0 Å². The Kier molecular flexibility index (Phi) is 3.48. The molecule has 0 saturated carbocycles. The zero-order valence-electron chi connectivity index (χ0n) is 29.6. The van der Waals surface area contributed by atoms with E-state index in [0.29, 0.717) is 16.2 Å². The van der Waals surface area contributed by atoms with E-state index in [4.69, 9.17) is 16.4 Å². The van der Waals surface area contributed by atoms with Gasteiger partial charge in [-0.05, 0) is 30.1 Å². The molecule has 2 aromatic carbocycles. The van der Waals surface area contributed by atoms with E-state index in [1.54, 1.807) is 11.4 Å². The first-order chi connectivity index (χ1) is 21.0. The molecule has 0 aliphatic carbocycles. The van der Waals surface area contributed by atoms with Gasteiger partial charge in [-0.25, -0.2) is 4.39 Å². The van der Waals surface area contributed by atoms with Gasteiger partial charge in [-0.2, -0.15) is 0 Å². The molecule has 5 rings (SSSR count). The van der Waals surface area contributed by atoms with Crippen LogP contribution in [0.15, 0.2) is 36.4 Å². The molecule has 1 atom stereocenters. The predicted molar refractivity (Wildman–Crippen MR) is 122 cm³/mol. The first-order valence-corrected chi connectivity index (χ1v) is 10.2. The number of hydrogen-bond acceptors (Lipinski definition) is 6. The number of hydrogen-bond donors (Lipinski definition) is 2. The first kappa shape index (κ1) is 12.4. The average Bonchev–Trinajstić information content (AvgIpc) is 3.25. The molecule has 0 spiro atoms. The van der Waals surface area contributed by atoms with Crippen molar-refractivity contribution in [2.75, 3.05) is 31.4 Å². The summed E-state index contributed by atoms with van der Waals surface area (Å²) in [5.74, 6) is -4.23. The second-order valence-electron chi connectivity index (χ2n) is 7.65. The molecule has 0 unspecified atom stereocenters. The molecule has 3 amide bonds. The molecule has 0 aromatic heterocycles. The van der Waals surface area contributed by atoms with E-state index in [9.17, 15) is 14.4 Å². The maximum Gasteiger partial charge on any atom is 0.255 e. The summed E-state index contributed by atoms with van der Waals surface area (Å²) in [6.45, 7) is -14.0. The summed E-state index contributed by atoms with van der Waals surface area (Å²) >= 11 is 0. The third-order valence-corrected chi connectivity index (χ3v) is 5.51. The van der Waals surface area contributed by atoms with Gasteiger partial charge in [0.2, 0.25) is 11.8 Å². The van der Waals surface area contributed by atoms with Gasteiger partial charge in [0.25, 0.3) is 5.91 Å². The Morgan fingerprint density at radius 2 is 2.00 bits per heavy atom. The number of carbonyl (C=O) groups excluding carboxylic acids is 3. The van der Waals surface area contributed by atoms with Crippen molar-refractivity contribution in [2.45, 2.75) is 38.4 Å². The molecule has 3 heterocycles. The number of nitrogens with zero attached hydrogens (tertiary/aromatic N) is 2. The first-order valence-electron chi connectivity index (χ1n) is 16.2. The van der Waals surface area contributed by atoms with Crippen LogP contribution < -0.4 is 10.6 Å². The predicted octanol–water partition coefficient (Wildman–Crippen LogP) is 2.03. The number of rotatable bonds is 6. The number of halogens is 1. The summed E-state index contributed by atoms with van der Waals surface area (Å²) in [5, 5.41) is 4.74. The molecule has 2 saturated heterocycles. The van der Waals surface area contributed by atoms with Gasteiger partial charge in [-0.1, -0.05) is 18.2 Å². The van der Waals surface area contributed by atoms with Crippen LogP contribution in [-0.4, -0.2) is 59.7 Å². The molecule has 0 bridgehead atoms. The number of anilines is 1. The standard InChI is InChI=1S/C25H27FN4O4/c26-20-12-16(14-29-8-10-34-11-9-29)4-5-17(20)13-27-21-3-1-2-18-19(21)15-30(25(18)33)22-6-7-23(31)28-24(22)32/h1-5,12,22,27H,6-11,13-15H2,(H,28,31,32)/t22-/m1/s1/i6D2,7D2,8D2,9D2,10D2,11D2. The lowest BCUT2D eigenvalue weighted by Crippen LogP contribution is -2.52. The van der Waals surface area contributed by atoms with Crippen molar-refractivity contribution in [3.63, 3.8) is 0 Å². The monoisotopic (exact) mass is 478 g/mol. The molecule has 2 aromatic rings. The van der Waals surface area contributed by atoms with Crippen LogP contribution in [0.2, 0.25) is 0 Å². The lowest BCUT2D eigenvalue weighted by Gasteiger charge is -2.29. The number of nitrogens with one attached hydrogen (secondary N) is 2. The highest BCUT2D eigenvalue weighted by atomic mass is 19.1. The molecule has 9 heteroatoms. The second kappa shape index (κ2) is 9.52.